The molecule has 198 valence electrons. The van der Waals surface area contributed by atoms with Crippen LogP contribution in [0.2, 0.25) is 0 Å². The fourth-order valence-electron chi connectivity index (χ4n) is 6.41. The van der Waals surface area contributed by atoms with Crippen molar-refractivity contribution in [1.29, 1.82) is 0 Å². The van der Waals surface area contributed by atoms with Crippen molar-refractivity contribution >= 4 is 22.6 Å². The average Bonchev–Trinajstić information content (AvgIpc) is 3.07. The molecule has 8 heteroatoms. The molecule has 5 heterocycles. The van der Waals surface area contributed by atoms with Gasteiger partial charge in [-0.15, -0.1) is 0 Å². The van der Waals surface area contributed by atoms with Crippen LogP contribution in [0, 0.1) is 5.92 Å². The molecule has 2 aromatic rings. The molecule has 0 radical (unpaired) electrons. The molecular weight excluding hydrogens is 452 g/mol. The molecule has 8 nitrogen and oxygen atoms in total. The number of ketones is 1. The molecule has 0 aliphatic carbocycles. The Morgan fingerprint density at radius 3 is 2.44 bits per heavy atom. The van der Waals surface area contributed by atoms with Crippen LogP contribution in [0.4, 0.5) is 5.82 Å². The second-order valence-corrected chi connectivity index (χ2v) is 11.2. The number of fused-ring (bicyclic) bond motifs is 1. The minimum Gasteiger partial charge on any atom is -0.395 e. The van der Waals surface area contributed by atoms with Gasteiger partial charge in [-0.1, -0.05) is 19.3 Å². The molecule has 5 rings (SSSR count). The maximum Gasteiger partial charge on any atom is 0.184 e. The third-order valence-corrected chi connectivity index (χ3v) is 8.71. The number of hydrogen-bond acceptors (Lipinski definition) is 7. The lowest BCUT2D eigenvalue weighted by atomic mass is 9.90. The van der Waals surface area contributed by atoms with E-state index in [4.69, 9.17) is 4.98 Å². The van der Waals surface area contributed by atoms with E-state index in [9.17, 15) is 9.90 Å². The number of piperidine rings is 2. The van der Waals surface area contributed by atoms with Gasteiger partial charge in [-0.05, 0) is 76.2 Å². The molecule has 3 fully saturated rings. The minimum absolute atomic E-state index is 0.155. The number of pyridine rings is 1. The summed E-state index contributed by atoms with van der Waals surface area (Å²) in [5, 5.41) is 15.2. The van der Waals surface area contributed by atoms with Crippen molar-refractivity contribution in [3.8, 4) is 0 Å². The summed E-state index contributed by atoms with van der Waals surface area (Å²) in [6, 6.07) is 4.48. The summed E-state index contributed by atoms with van der Waals surface area (Å²) >= 11 is 0. The van der Waals surface area contributed by atoms with Crippen LogP contribution in [0.5, 0.6) is 0 Å². The van der Waals surface area contributed by atoms with Gasteiger partial charge in [0.1, 0.15) is 11.5 Å². The zero-order chi connectivity index (χ0) is 24.9. The van der Waals surface area contributed by atoms with Crippen molar-refractivity contribution < 1.29 is 9.90 Å². The molecule has 0 amide bonds. The number of aliphatic hydroxyl groups is 1. The first-order chi connectivity index (χ1) is 17.6. The Hall–Kier alpha value is -2.03. The normalized spacial score (nSPS) is 23.3. The Morgan fingerprint density at radius 2 is 1.69 bits per heavy atom. The third-order valence-electron chi connectivity index (χ3n) is 8.71. The highest BCUT2D eigenvalue weighted by molar-refractivity contribution is 6.05. The van der Waals surface area contributed by atoms with Crippen LogP contribution in [0.3, 0.4) is 0 Å². The number of aryl methyl sites for hydroxylation is 1. The number of rotatable bonds is 8. The number of aliphatic hydroxyl groups excluding tert-OH is 1. The fraction of sp³-hybridized carbons (Fsp3) is 0.750. The number of likely N-dealkylation sites (tertiary alicyclic amines) is 2. The SMILES string of the molecule is Cn1nc(C(=O)CC2CCN(CCN3CCCCC3CO)CC2)c2ccc(N3CCCCCC3)nc21. The number of aromatic nitrogens is 3. The summed E-state index contributed by atoms with van der Waals surface area (Å²) in [6.07, 6.45) is 11.3. The molecule has 1 unspecified atom stereocenters. The molecule has 0 bridgehead atoms. The zero-order valence-corrected chi connectivity index (χ0v) is 22.1. The van der Waals surface area contributed by atoms with Crippen molar-refractivity contribution in [2.24, 2.45) is 13.0 Å². The maximum absolute atomic E-state index is 13.3. The Kier molecular flexibility index (Phi) is 8.54. The molecule has 36 heavy (non-hydrogen) atoms. The van der Waals surface area contributed by atoms with E-state index in [1.807, 2.05) is 7.05 Å². The number of anilines is 1. The van der Waals surface area contributed by atoms with Gasteiger partial charge in [-0.2, -0.15) is 5.10 Å². The molecule has 0 saturated carbocycles. The number of carbonyl (C=O) groups excluding carboxylic acids is 1. The van der Waals surface area contributed by atoms with E-state index in [1.165, 1.54) is 38.5 Å². The van der Waals surface area contributed by atoms with Gasteiger partial charge in [0.05, 0.1) is 12.0 Å². The number of nitrogens with zero attached hydrogens (tertiary/aromatic N) is 6. The topological polar surface area (TPSA) is 77.7 Å². The Bertz CT molecular complexity index is 1010. The molecule has 3 aliphatic heterocycles. The lowest BCUT2D eigenvalue weighted by molar-refractivity contribution is 0.0715. The van der Waals surface area contributed by atoms with E-state index in [0.717, 1.165) is 81.9 Å². The second kappa shape index (κ2) is 12.0. The first kappa shape index (κ1) is 25.6. The predicted molar refractivity (Wildman–Crippen MR) is 144 cm³/mol. The molecule has 3 aliphatic rings. The highest BCUT2D eigenvalue weighted by atomic mass is 16.3. The number of Topliss-reactive ketones (excluding diaryl/α,β-unsaturated/α-hetero) is 1. The van der Waals surface area contributed by atoms with E-state index in [1.54, 1.807) is 4.68 Å². The summed E-state index contributed by atoms with van der Waals surface area (Å²) < 4.78 is 1.78. The van der Waals surface area contributed by atoms with Crippen molar-refractivity contribution in [2.45, 2.75) is 70.3 Å². The van der Waals surface area contributed by atoms with Gasteiger partial charge in [0, 0.05) is 45.7 Å². The summed E-state index contributed by atoms with van der Waals surface area (Å²) in [6.45, 7) is 7.72. The average molecular weight is 497 g/mol. The van der Waals surface area contributed by atoms with E-state index in [2.05, 4.69) is 31.9 Å². The monoisotopic (exact) mass is 496 g/mol. The standard InChI is InChI=1S/C28H44N6O2/c1-31-28-24(9-10-26(29-28)34-14-5-2-3-6-15-34)27(30-31)25(36)20-22-11-16-32(17-12-22)18-19-33-13-7-4-8-23(33)21-35/h9-10,22-23,35H,2-8,11-21H2,1H3. The summed E-state index contributed by atoms with van der Waals surface area (Å²) in [5.41, 5.74) is 1.40. The van der Waals surface area contributed by atoms with Crippen LogP contribution < -0.4 is 4.90 Å². The van der Waals surface area contributed by atoms with Crippen molar-refractivity contribution in [2.75, 3.05) is 57.3 Å². The first-order valence-corrected chi connectivity index (χ1v) is 14.3. The van der Waals surface area contributed by atoms with E-state index >= 15 is 0 Å². The smallest absolute Gasteiger partial charge is 0.184 e. The number of carbonyl (C=O) groups is 1. The molecular formula is C28H44N6O2. The molecule has 0 aromatic carbocycles. The highest BCUT2D eigenvalue weighted by Crippen LogP contribution is 2.27. The van der Waals surface area contributed by atoms with Gasteiger partial charge < -0.3 is 14.9 Å². The first-order valence-electron chi connectivity index (χ1n) is 14.3. The fourth-order valence-corrected chi connectivity index (χ4v) is 6.41. The van der Waals surface area contributed by atoms with Gasteiger partial charge >= 0.3 is 0 Å². The third kappa shape index (κ3) is 5.92. The maximum atomic E-state index is 13.3. The van der Waals surface area contributed by atoms with Gasteiger partial charge in [-0.25, -0.2) is 9.67 Å². The number of hydrogen-bond donors (Lipinski definition) is 1. The van der Waals surface area contributed by atoms with Gasteiger partial charge in [0.2, 0.25) is 0 Å². The van der Waals surface area contributed by atoms with E-state index < -0.39 is 0 Å². The van der Waals surface area contributed by atoms with Crippen LogP contribution in [-0.4, -0.2) is 93.9 Å². The zero-order valence-electron chi connectivity index (χ0n) is 22.1. The summed E-state index contributed by atoms with van der Waals surface area (Å²) in [5.74, 6) is 1.59. The largest absolute Gasteiger partial charge is 0.395 e. The molecule has 2 aromatic heterocycles. The van der Waals surface area contributed by atoms with Crippen molar-refractivity contribution in [3.05, 3.63) is 17.8 Å². The van der Waals surface area contributed by atoms with Crippen molar-refractivity contribution in [3.63, 3.8) is 0 Å². The van der Waals surface area contributed by atoms with Crippen LogP contribution >= 0.6 is 0 Å². The lowest BCUT2D eigenvalue weighted by Crippen LogP contribution is -2.46. The van der Waals surface area contributed by atoms with Crippen LogP contribution in [-0.2, 0) is 7.05 Å². The van der Waals surface area contributed by atoms with Gasteiger partial charge in [0.25, 0.3) is 0 Å². The van der Waals surface area contributed by atoms with Gasteiger partial charge in [0.15, 0.2) is 11.4 Å². The quantitative estimate of drug-likeness (QED) is 0.561. The minimum atomic E-state index is 0.155. The van der Waals surface area contributed by atoms with Gasteiger partial charge in [-0.3, -0.25) is 9.69 Å². The van der Waals surface area contributed by atoms with E-state index in [0.29, 0.717) is 24.1 Å². The highest BCUT2D eigenvalue weighted by Gasteiger charge is 2.27. The lowest BCUT2D eigenvalue weighted by Gasteiger charge is -2.37. The molecule has 0 spiro atoms. The summed E-state index contributed by atoms with van der Waals surface area (Å²) in [4.78, 5) is 25.6. The van der Waals surface area contributed by atoms with Crippen LogP contribution in [0.1, 0.15) is 74.7 Å². The molecule has 1 atom stereocenters. The van der Waals surface area contributed by atoms with Crippen molar-refractivity contribution in [1.82, 2.24) is 24.6 Å². The summed E-state index contributed by atoms with van der Waals surface area (Å²) in [7, 11) is 1.90. The van der Waals surface area contributed by atoms with E-state index in [-0.39, 0.29) is 12.4 Å². The Labute approximate surface area is 215 Å². The predicted octanol–water partition coefficient (Wildman–Crippen LogP) is 3.48. The van der Waals surface area contributed by atoms with Crippen LogP contribution in [0.25, 0.3) is 11.0 Å². The second-order valence-electron chi connectivity index (χ2n) is 11.2. The Morgan fingerprint density at radius 1 is 0.944 bits per heavy atom. The Balaban J connectivity index is 1.15. The molecule has 1 N–H and O–H groups in total. The van der Waals surface area contributed by atoms with Crippen LogP contribution in [0.15, 0.2) is 12.1 Å². The molecule has 3 saturated heterocycles.